The van der Waals surface area contributed by atoms with Crippen LogP contribution in [-0.2, 0) is 22.7 Å². The summed E-state index contributed by atoms with van der Waals surface area (Å²) < 4.78 is 0. The molecule has 1 aromatic heterocycles. The number of nitrogens with one attached hydrogen (secondary N) is 3. The van der Waals surface area contributed by atoms with Gasteiger partial charge < -0.3 is 15.5 Å². The molecule has 1 aromatic carbocycles. The number of carbonyl (C=O) groups excluding carboxylic acids is 3. The van der Waals surface area contributed by atoms with E-state index in [1.165, 1.54) is 12.8 Å². The molecule has 9 heteroatoms. The maximum atomic E-state index is 12.8. The van der Waals surface area contributed by atoms with Gasteiger partial charge in [0, 0.05) is 42.9 Å². The van der Waals surface area contributed by atoms with Crippen molar-refractivity contribution in [2.24, 2.45) is 0 Å². The van der Waals surface area contributed by atoms with Gasteiger partial charge in [0.25, 0.3) is 5.91 Å². The molecule has 0 bridgehead atoms. The first-order valence-corrected chi connectivity index (χ1v) is 11.6. The molecule has 8 nitrogen and oxygen atoms in total. The summed E-state index contributed by atoms with van der Waals surface area (Å²) >= 11 is 1.62. The molecule has 5 rings (SSSR count). The lowest BCUT2D eigenvalue weighted by Gasteiger charge is -2.29. The quantitative estimate of drug-likeness (QED) is 0.616. The number of benzene rings is 1. The molecule has 3 N–H and O–H groups in total. The third-order valence-electron chi connectivity index (χ3n) is 6.27. The van der Waals surface area contributed by atoms with E-state index in [1.807, 2.05) is 18.2 Å². The molecule has 31 heavy (non-hydrogen) atoms. The topological polar surface area (TPSA) is 103 Å². The summed E-state index contributed by atoms with van der Waals surface area (Å²) in [6, 6.07) is 5.21. The van der Waals surface area contributed by atoms with Gasteiger partial charge in [-0.25, -0.2) is 4.98 Å². The molecular weight excluding hydrogens is 414 g/mol. The third-order valence-corrected chi connectivity index (χ3v) is 7.09. The zero-order valence-corrected chi connectivity index (χ0v) is 18.0. The maximum absolute atomic E-state index is 12.8. The average molecular weight is 440 g/mol. The molecule has 3 aliphatic heterocycles. The fraction of sp³-hybridized carbons (Fsp3) is 0.455. The van der Waals surface area contributed by atoms with Gasteiger partial charge in [-0.15, -0.1) is 11.3 Å². The van der Waals surface area contributed by atoms with E-state index in [9.17, 15) is 14.4 Å². The van der Waals surface area contributed by atoms with Crippen molar-refractivity contribution in [3.8, 4) is 0 Å². The van der Waals surface area contributed by atoms with Gasteiger partial charge in [-0.05, 0) is 43.0 Å². The Morgan fingerprint density at radius 2 is 2.13 bits per heavy atom. The summed E-state index contributed by atoms with van der Waals surface area (Å²) in [7, 11) is 0. The normalized spacial score (nSPS) is 23.6. The largest absolute Gasteiger partial charge is 0.357 e. The molecule has 0 radical (unpaired) electrons. The van der Waals surface area contributed by atoms with Gasteiger partial charge in [0.1, 0.15) is 6.04 Å². The Balaban J connectivity index is 1.23. The number of carbonyl (C=O) groups is 3. The van der Waals surface area contributed by atoms with E-state index in [4.69, 9.17) is 4.98 Å². The maximum Gasteiger partial charge on any atom is 0.255 e. The Morgan fingerprint density at radius 1 is 1.23 bits per heavy atom. The van der Waals surface area contributed by atoms with Crippen LogP contribution >= 0.6 is 11.3 Å². The second kappa shape index (κ2) is 8.39. The van der Waals surface area contributed by atoms with Crippen LogP contribution in [0.4, 0.5) is 5.13 Å². The number of rotatable bonds is 5. The van der Waals surface area contributed by atoms with Crippen molar-refractivity contribution in [1.29, 1.82) is 0 Å². The minimum Gasteiger partial charge on any atom is -0.357 e. The molecule has 2 aromatic rings. The van der Waals surface area contributed by atoms with Crippen LogP contribution in [0, 0.1) is 0 Å². The van der Waals surface area contributed by atoms with Crippen LogP contribution in [-0.4, -0.2) is 46.7 Å². The van der Waals surface area contributed by atoms with Crippen molar-refractivity contribution >= 4 is 34.2 Å². The van der Waals surface area contributed by atoms with E-state index in [1.54, 1.807) is 16.2 Å². The van der Waals surface area contributed by atoms with Crippen molar-refractivity contribution < 1.29 is 14.4 Å². The minimum absolute atomic E-state index is 0.144. The number of piperidine rings is 2. The SMILES string of the molecule is O=C1CCC(N2Cc3cc(CNc4nc(C5CCCNC5)cs4)ccc3C2=O)C(=O)N1. The molecule has 0 spiro atoms. The zero-order valence-electron chi connectivity index (χ0n) is 17.1. The van der Waals surface area contributed by atoms with Crippen molar-refractivity contribution in [2.75, 3.05) is 18.4 Å². The Hall–Kier alpha value is -2.78. The number of hydrogen-bond acceptors (Lipinski definition) is 7. The summed E-state index contributed by atoms with van der Waals surface area (Å²) in [5, 5.41) is 12.2. The predicted octanol–water partition coefficient (Wildman–Crippen LogP) is 1.98. The summed E-state index contributed by atoms with van der Waals surface area (Å²) in [6.07, 6.45) is 3.01. The van der Waals surface area contributed by atoms with Crippen molar-refractivity contribution in [1.82, 2.24) is 20.5 Å². The Bertz CT molecular complexity index is 1030. The molecular formula is C22H25N5O3S. The molecule has 2 saturated heterocycles. The fourth-order valence-corrected chi connectivity index (χ4v) is 5.37. The highest BCUT2D eigenvalue weighted by Crippen LogP contribution is 2.29. The van der Waals surface area contributed by atoms with Crippen LogP contribution < -0.4 is 16.0 Å². The smallest absolute Gasteiger partial charge is 0.255 e. The van der Waals surface area contributed by atoms with Gasteiger partial charge in [0.15, 0.2) is 5.13 Å². The highest BCUT2D eigenvalue weighted by molar-refractivity contribution is 7.13. The Morgan fingerprint density at radius 3 is 2.94 bits per heavy atom. The van der Waals surface area contributed by atoms with E-state index >= 15 is 0 Å². The summed E-state index contributed by atoms with van der Waals surface area (Å²) in [6.45, 7) is 3.10. The van der Waals surface area contributed by atoms with Crippen LogP contribution in [0.2, 0.25) is 0 Å². The van der Waals surface area contributed by atoms with E-state index in [0.717, 1.165) is 35.0 Å². The molecule has 2 atom stereocenters. The van der Waals surface area contributed by atoms with Crippen LogP contribution in [0.3, 0.4) is 0 Å². The van der Waals surface area contributed by atoms with E-state index in [2.05, 4.69) is 21.3 Å². The second-order valence-corrected chi connectivity index (χ2v) is 9.22. The van der Waals surface area contributed by atoms with Gasteiger partial charge in [0.2, 0.25) is 11.8 Å². The molecule has 162 valence electrons. The number of fused-ring (bicyclic) bond motifs is 1. The Labute approximate surface area is 184 Å². The van der Waals surface area contributed by atoms with Crippen molar-refractivity contribution in [2.45, 2.75) is 50.7 Å². The molecule has 3 amide bonds. The monoisotopic (exact) mass is 439 g/mol. The van der Waals surface area contributed by atoms with E-state index < -0.39 is 6.04 Å². The number of hydrogen-bond donors (Lipinski definition) is 3. The number of imide groups is 1. The molecule has 2 unspecified atom stereocenters. The summed E-state index contributed by atoms with van der Waals surface area (Å²) in [5.74, 6) is -0.310. The first kappa shape index (κ1) is 20.1. The summed E-state index contributed by atoms with van der Waals surface area (Å²) in [5.41, 5.74) is 3.77. The number of nitrogens with zero attached hydrogens (tertiary/aromatic N) is 2. The average Bonchev–Trinajstić information content (AvgIpc) is 3.38. The molecule has 0 saturated carbocycles. The lowest BCUT2D eigenvalue weighted by Crippen LogP contribution is -2.52. The Kier molecular flexibility index (Phi) is 5.45. The van der Waals surface area contributed by atoms with Gasteiger partial charge in [-0.2, -0.15) is 0 Å². The first-order valence-electron chi connectivity index (χ1n) is 10.7. The fourth-order valence-electron chi connectivity index (χ4n) is 4.57. The highest BCUT2D eigenvalue weighted by atomic mass is 32.1. The first-order chi connectivity index (χ1) is 15.1. The van der Waals surface area contributed by atoms with Gasteiger partial charge in [0.05, 0.1) is 5.69 Å². The zero-order chi connectivity index (χ0) is 21.4. The molecule has 4 heterocycles. The predicted molar refractivity (Wildman–Crippen MR) is 117 cm³/mol. The second-order valence-electron chi connectivity index (χ2n) is 8.37. The van der Waals surface area contributed by atoms with Crippen molar-refractivity contribution in [3.63, 3.8) is 0 Å². The number of aromatic nitrogens is 1. The minimum atomic E-state index is -0.581. The summed E-state index contributed by atoms with van der Waals surface area (Å²) in [4.78, 5) is 42.7. The molecule has 0 aliphatic carbocycles. The van der Waals surface area contributed by atoms with Crippen LogP contribution in [0.5, 0.6) is 0 Å². The lowest BCUT2D eigenvalue weighted by atomic mass is 9.97. The highest BCUT2D eigenvalue weighted by Gasteiger charge is 2.39. The van der Waals surface area contributed by atoms with Gasteiger partial charge in [-0.1, -0.05) is 12.1 Å². The van der Waals surface area contributed by atoms with Crippen LogP contribution in [0.25, 0.3) is 0 Å². The number of thiazole rings is 1. The van der Waals surface area contributed by atoms with Crippen LogP contribution in [0.1, 0.15) is 58.8 Å². The third kappa shape index (κ3) is 4.07. The number of amides is 3. The lowest BCUT2D eigenvalue weighted by molar-refractivity contribution is -0.136. The van der Waals surface area contributed by atoms with E-state index in [0.29, 0.717) is 31.0 Å². The standard InChI is InChI=1S/C22H25N5O3S/c28-19-6-5-18(20(29)26-19)27-11-15-8-13(3-4-16(15)21(27)30)9-24-22-25-17(12-31-22)14-2-1-7-23-10-14/h3-4,8,12,14,18,23H,1-2,5-7,9-11H2,(H,24,25)(H,26,28,29). The van der Waals surface area contributed by atoms with Gasteiger partial charge in [-0.3, -0.25) is 19.7 Å². The molecule has 3 aliphatic rings. The van der Waals surface area contributed by atoms with Crippen molar-refractivity contribution in [3.05, 3.63) is 46.0 Å². The number of anilines is 1. The van der Waals surface area contributed by atoms with Gasteiger partial charge >= 0.3 is 0 Å². The van der Waals surface area contributed by atoms with E-state index in [-0.39, 0.29) is 24.1 Å². The van der Waals surface area contributed by atoms with Crippen LogP contribution in [0.15, 0.2) is 23.6 Å². The molecule has 2 fully saturated rings.